The molecule has 210 valence electrons. The third kappa shape index (κ3) is 7.43. The highest BCUT2D eigenvalue weighted by Gasteiger charge is 2.32. The van der Waals surface area contributed by atoms with Crippen LogP contribution in [0.4, 0.5) is 24.5 Å². The number of piperidine rings is 1. The predicted molar refractivity (Wildman–Crippen MR) is 158 cm³/mol. The van der Waals surface area contributed by atoms with Crippen molar-refractivity contribution < 1.29 is 26.6 Å². The Bertz CT molecular complexity index is 1550. The summed E-state index contributed by atoms with van der Waals surface area (Å²) >= 11 is 7.78. The summed E-state index contributed by atoms with van der Waals surface area (Å²) < 4.78 is 81.6. The molecular formula is C28H32ClF3N3O2PS. The second kappa shape index (κ2) is 12.0. The lowest BCUT2D eigenvalue weighted by atomic mass is 10.0. The number of hydrogen-bond donors (Lipinski definition) is 2. The molecule has 1 fully saturated rings. The Morgan fingerprint density at radius 3 is 2.77 bits per heavy atom. The van der Waals surface area contributed by atoms with E-state index in [0.717, 1.165) is 18.7 Å². The first-order valence-corrected chi connectivity index (χ1v) is 16.2. The predicted octanol–water partition coefficient (Wildman–Crippen LogP) is 6.45. The Labute approximate surface area is 240 Å². The van der Waals surface area contributed by atoms with Crippen LogP contribution in [-0.4, -0.2) is 69.5 Å². The second-order valence-electron chi connectivity index (χ2n) is 9.99. The Hall–Kier alpha value is -2.37. The number of ether oxygens (including phenoxy) is 1. The van der Waals surface area contributed by atoms with Crippen LogP contribution in [0.5, 0.6) is 5.75 Å². The first-order valence-electron chi connectivity index (χ1n) is 13.8. The van der Waals surface area contributed by atoms with Gasteiger partial charge in [0, 0.05) is 17.9 Å². The highest BCUT2D eigenvalue weighted by atomic mass is 35.5. The van der Waals surface area contributed by atoms with E-state index < -0.39 is 26.8 Å². The molecule has 3 aromatic rings. The molecule has 1 aliphatic rings. The minimum Gasteiger partial charge on any atom is -0.495 e. The van der Waals surface area contributed by atoms with Crippen molar-refractivity contribution in [1.82, 2.24) is 4.90 Å². The maximum absolute atomic E-state index is 13.6. The summed E-state index contributed by atoms with van der Waals surface area (Å²) in [6, 6.07) is 9.81. The number of alkyl halides is 4. The molecule has 0 radical (unpaired) electrons. The van der Waals surface area contributed by atoms with Crippen LogP contribution >= 0.6 is 30.1 Å². The Morgan fingerprint density at radius 2 is 2.08 bits per heavy atom. The van der Waals surface area contributed by atoms with Crippen molar-refractivity contribution in [3.05, 3.63) is 46.8 Å². The smallest absolute Gasteiger partial charge is 0.393 e. The van der Waals surface area contributed by atoms with Crippen LogP contribution < -0.4 is 20.7 Å². The number of likely N-dealkylation sites (tertiary alicyclic amines) is 1. The third-order valence-electron chi connectivity index (χ3n) is 6.55. The number of methoxy groups -OCH3 is 1. The van der Waals surface area contributed by atoms with Crippen LogP contribution in [0.15, 0.2) is 36.4 Å². The van der Waals surface area contributed by atoms with Gasteiger partial charge in [-0.25, -0.2) is 0 Å². The van der Waals surface area contributed by atoms with E-state index in [-0.39, 0.29) is 29.3 Å². The van der Waals surface area contributed by atoms with Crippen LogP contribution in [0.3, 0.4) is 0 Å². The van der Waals surface area contributed by atoms with E-state index in [0.29, 0.717) is 32.5 Å². The average molecular weight is 601 g/mol. The van der Waals surface area contributed by atoms with E-state index >= 15 is 0 Å². The molecule has 2 heterocycles. The van der Waals surface area contributed by atoms with Crippen molar-refractivity contribution in [1.29, 1.82) is 0 Å². The van der Waals surface area contributed by atoms with Gasteiger partial charge in [-0.2, -0.15) is 13.2 Å². The van der Waals surface area contributed by atoms with Crippen molar-refractivity contribution in [3.8, 4) is 17.6 Å². The fourth-order valence-electron chi connectivity index (χ4n) is 4.52. The van der Waals surface area contributed by atoms with Crippen LogP contribution in [0.2, 0.25) is 0 Å². The highest BCUT2D eigenvalue weighted by Crippen LogP contribution is 2.40. The van der Waals surface area contributed by atoms with Gasteiger partial charge in [-0.05, 0) is 68.6 Å². The third-order valence-corrected chi connectivity index (χ3v) is 9.71. The number of nitrogens with zero attached hydrogens (tertiary/aromatic N) is 1. The second-order valence-corrected chi connectivity index (χ2v) is 14.8. The van der Waals surface area contributed by atoms with Crippen molar-refractivity contribution in [2.45, 2.75) is 30.4 Å². The lowest BCUT2D eigenvalue weighted by molar-refractivity contribution is -0.126. The maximum Gasteiger partial charge on any atom is 0.393 e. The number of fused-ring (bicyclic) bond motifs is 1. The van der Waals surface area contributed by atoms with Gasteiger partial charge in [0.25, 0.3) is 0 Å². The molecule has 1 aromatic heterocycles. The molecule has 2 atom stereocenters. The van der Waals surface area contributed by atoms with Gasteiger partial charge in [0.15, 0.2) is 0 Å². The number of benzene rings is 2. The molecule has 1 aliphatic heterocycles. The van der Waals surface area contributed by atoms with Crippen LogP contribution in [0, 0.1) is 11.8 Å². The number of halogens is 4. The lowest BCUT2D eigenvalue weighted by Crippen LogP contribution is -2.45. The van der Waals surface area contributed by atoms with Crippen molar-refractivity contribution >= 4 is 56.8 Å². The van der Waals surface area contributed by atoms with Gasteiger partial charge in [-0.3, -0.25) is 0 Å². The molecule has 11 heteroatoms. The standard InChI is InChI=1S/C28H32ClF3N3O2PS/c1-35-14-12-22(21(29)17-35)34-24-8-5-7-19-20(16-28(30,31)32)26(39-27(19)24)9-6-13-33-23-11-10-18(38(3,4)36)15-25(23)37-2/h5,7-8,10-11,15,21-22,33-34H,12-14,16-17H2,1-4H3/i2D3. The van der Waals surface area contributed by atoms with Crippen LogP contribution in [0.1, 0.15) is 21.0 Å². The van der Waals surface area contributed by atoms with Gasteiger partial charge in [-0.1, -0.05) is 24.0 Å². The fourth-order valence-corrected chi connectivity index (χ4v) is 6.98. The van der Waals surface area contributed by atoms with Crippen LogP contribution in [0.25, 0.3) is 10.1 Å². The number of hydrogen-bond acceptors (Lipinski definition) is 6. The SMILES string of the molecule is [2H]C([2H])([2H])Oc1cc(P(C)(C)=O)ccc1NCC#Cc1sc2c(NC3CCN(C)CC3Cl)cccc2c1CC(F)(F)F. The number of rotatable bonds is 7. The Kier molecular flexibility index (Phi) is 7.88. The zero-order valence-electron chi connectivity index (χ0n) is 24.8. The summed E-state index contributed by atoms with van der Waals surface area (Å²) in [7, 11) is -3.42. The van der Waals surface area contributed by atoms with Crippen molar-refractivity contribution in [3.63, 3.8) is 0 Å². The summed E-state index contributed by atoms with van der Waals surface area (Å²) in [5.74, 6) is 5.75. The molecular weight excluding hydrogens is 566 g/mol. The molecule has 0 spiro atoms. The van der Waals surface area contributed by atoms with Crippen molar-refractivity contribution in [2.75, 3.05) is 57.7 Å². The number of anilines is 2. The molecule has 1 saturated heterocycles. The first-order chi connectivity index (χ1) is 19.5. The van der Waals surface area contributed by atoms with Gasteiger partial charge in [0.1, 0.15) is 12.9 Å². The largest absolute Gasteiger partial charge is 0.495 e. The Morgan fingerprint density at radius 1 is 1.28 bits per heavy atom. The quantitative estimate of drug-likeness (QED) is 0.185. The van der Waals surface area contributed by atoms with Gasteiger partial charge >= 0.3 is 6.18 Å². The van der Waals surface area contributed by atoms with E-state index in [4.69, 9.17) is 20.5 Å². The molecule has 0 amide bonds. The first kappa shape index (κ1) is 25.6. The summed E-state index contributed by atoms with van der Waals surface area (Å²) in [5, 5.41) is 7.23. The highest BCUT2D eigenvalue weighted by molar-refractivity contribution is 7.70. The lowest BCUT2D eigenvalue weighted by Gasteiger charge is -2.34. The molecule has 39 heavy (non-hydrogen) atoms. The van der Waals surface area contributed by atoms with E-state index in [1.807, 2.05) is 13.1 Å². The van der Waals surface area contributed by atoms with Gasteiger partial charge in [0.05, 0.1) is 50.4 Å². The summed E-state index contributed by atoms with van der Waals surface area (Å²) in [6.07, 6.45) is -4.74. The molecule has 4 rings (SSSR count). The maximum atomic E-state index is 13.6. The van der Waals surface area contributed by atoms with Gasteiger partial charge in [-0.15, -0.1) is 22.9 Å². The summed E-state index contributed by atoms with van der Waals surface area (Å²) in [6.45, 7) is 4.70. The molecule has 0 aliphatic carbocycles. The van der Waals surface area contributed by atoms with E-state index in [2.05, 4.69) is 27.4 Å². The zero-order chi connectivity index (χ0) is 30.9. The monoisotopic (exact) mass is 600 g/mol. The Balaban J connectivity index is 1.62. The van der Waals surface area contributed by atoms with E-state index in [9.17, 15) is 17.7 Å². The summed E-state index contributed by atoms with van der Waals surface area (Å²) in [5.41, 5.74) is 1.15. The topological polar surface area (TPSA) is 53.6 Å². The molecule has 2 N–H and O–H groups in total. The van der Waals surface area contributed by atoms with Crippen LogP contribution in [-0.2, 0) is 11.0 Å². The zero-order valence-corrected chi connectivity index (χ0v) is 24.3. The van der Waals surface area contributed by atoms with E-state index in [1.165, 1.54) is 17.4 Å². The van der Waals surface area contributed by atoms with Gasteiger partial charge in [0.2, 0.25) is 0 Å². The molecule has 2 unspecified atom stereocenters. The minimum absolute atomic E-state index is 0.000940. The number of thiophene rings is 1. The van der Waals surface area contributed by atoms with Gasteiger partial charge < -0.3 is 24.8 Å². The van der Waals surface area contributed by atoms with E-state index in [1.54, 1.807) is 37.6 Å². The van der Waals surface area contributed by atoms with Crippen molar-refractivity contribution in [2.24, 2.45) is 0 Å². The molecule has 0 saturated carbocycles. The normalized spacial score (nSPS) is 19.9. The summed E-state index contributed by atoms with van der Waals surface area (Å²) in [4.78, 5) is 2.44. The molecule has 5 nitrogen and oxygen atoms in total. The molecule has 0 bridgehead atoms. The molecule has 2 aromatic carbocycles. The average Bonchev–Trinajstić information content (AvgIpc) is 3.19. The fraction of sp³-hybridized carbons (Fsp3) is 0.429. The number of nitrogens with one attached hydrogen (secondary N) is 2. The minimum atomic E-state index is -4.43.